The number of carboxylic acids is 1. The van der Waals surface area contributed by atoms with E-state index < -0.39 is 5.97 Å². The summed E-state index contributed by atoms with van der Waals surface area (Å²) in [5.74, 6) is -0.278. The summed E-state index contributed by atoms with van der Waals surface area (Å²) < 4.78 is 1.97. The van der Waals surface area contributed by atoms with Crippen LogP contribution in [-0.2, 0) is 6.54 Å². The number of nitrogens with one attached hydrogen (secondary N) is 1. The Bertz CT molecular complexity index is 597. The van der Waals surface area contributed by atoms with E-state index in [1.807, 2.05) is 28.8 Å². The number of benzene rings is 1. The molecule has 0 aliphatic carbocycles. The molecule has 0 bridgehead atoms. The van der Waals surface area contributed by atoms with Crippen LogP contribution in [0.2, 0.25) is 0 Å². The zero-order valence-corrected chi connectivity index (χ0v) is 10.8. The van der Waals surface area contributed by atoms with Gasteiger partial charge in [0.25, 0.3) is 0 Å². The van der Waals surface area contributed by atoms with Gasteiger partial charge in [-0.25, -0.2) is 4.79 Å². The summed E-state index contributed by atoms with van der Waals surface area (Å²) in [4.78, 5) is 11.4. The zero-order chi connectivity index (χ0) is 13.2. The largest absolute Gasteiger partial charge is 0.477 e. The molecular formula is C15H18N2O2. The Morgan fingerprint density at radius 3 is 2.79 bits per heavy atom. The van der Waals surface area contributed by atoms with Gasteiger partial charge in [-0.3, -0.25) is 0 Å². The van der Waals surface area contributed by atoms with Gasteiger partial charge in [0.1, 0.15) is 5.69 Å². The fourth-order valence-electron chi connectivity index (χ4n) is 2.91. The summed E-state index contributed by atoms with van der Waals surface area (Å²) in [5, 5.41) is 13.7. The van der Waals surface area contributed by atoms with Gasteiger partial charge in [-0.15, -0.1) is 0 Å². The highest BCUT2D eigenvalue weighted by molar-refractivity contribution is 5.94. The first kappa shape index (κ1) is 12.2. The average Bonchev–Trinajstić information content (AvgIpc) is 2.79. The minimum atomic E-state index is -0.842. The topological polar surface area (TPSA) is 54.3 Å². The number of aromatic nitrogens is 1. The molecule has 1 aromatic carbocycles. The predicted molar refractivity (Wildman–Crippen MR) is 74.5 cm³/mol. The fraction of sp³-hybridized carbons (Fsp3) is 0.400. The number of hydrogen-bond acceptors (Lipinski definition) is 2. The summed E-state index contributed by atoms with van der Waals surface area (Å²) in [6.07, 6.45) is 2.23. The Kier molecular flexibility index (Phi) is 3.25. The standard InChI is InChI=1S/C15H18N2O2/c18-15(19)14-9-12-3-1-2-4-13(12)17(14)10-11-5-7-16-8-6-11/h1-4,9,11,16H,5-8,10H2,(H,18,19). The lowest BCUT2D eigenvalue weighted by Gasteiger charge is -2.24. The van der Waals surface area contributed by atoms with Crippen molar-refractivity contribution in [3.05, 3.63) is 36.0 Å². The molecule has 4 heteroatoms. The van der Waals surface area contributed by atoms with Crippen molar-refractivity contribution in [2.75, 3.05) is 13.1 Å². The summed E-state index contributed by atoms with van der Waals surface area (Å²) in [7, 11) is 0. The number of hydrogen-bond donors (Lipinski definition) is 2. The minimum Gasteiger partial charge on any atom is -0.477 e. The van der Waals surface area contributed by atoms with E-state index in [-0.39, 0.29) is 0 Å². The molecule has 1 aliphatic heterocycles. The van der Waals surface area contributed by atoms with E-state index in [2.05, 4.69) is 5.32 Å². The van der Waals surface area contributed by atoms with Gasteiger partial charge in [-0.05, 0) is 44.0 Å². The lowest BCUT2D eigenvalue weighted by Crippen LogP contribution is -2.30. The highest BCUT2D eigenvalue weighted by Crippen LogP contribution is 2.23. The number of fused-ring (bicyclic) bond motifs is 1. The van der Waals surface area contributed by atoms with E-state index >= 15 is 0 Å². The van der Waals surface area contributed by atoms with Gasteiger partial charge in [0.15, 0.2) is 0 Å². The van der Waals surface area contributed by atoms with Crippen molar-refractivity contribution in [3.8, 4) is 0 Å². The summed E-state index contributed by atoms with van der Waals surface area (Å²) >= 11 is 0. The maximum atomic E-state index is 11.4. The van der Waals surface area contributed by atoms with Crippen LogP contribution in [0.1, 0.15) is 23.3 Å². The maximum Gasteiger partial charge on any atom is 0.352 e. The third-order valence-electron chi connectivity index (χ3n) is 3.93. The Balaban J connectivity index is 1.99. The molecule has 0 unspecified atom stereocenters. The van der Waals surface area contributed by atoms with Gasteiger partial charge >= 0.3 is 5.97 Å². The normalized spacial score (nSPS) is 16.8. The second-order valence-corrected chi connectivity index (χ2v) is 5.20. The van der Waals surface area contributed by atoms with Crippen LogP contribution in [0.25, 0.3) is 10.9 Å². The average molecular weight is 258 g/mol. The number of nitrogens with zero attached hydrogens (tertiary/aromatic N) is 1. The lowest BCUT2D eigenvalue weighted by atomic mass is 9.98. The van der Waals surface area contributed by atoms with Crippen LogP contribution < -0.4 is 5.32 Å². The Hall–Kier alpha value is -1.81. The number of carbonyl (C=O) groups is 1. The maximum absolute atomic E-state index is 11.4. The van der Waals surface area contributed by atoms with Crippen LogP contribution in [0, 0.1) is 5.92 Å². The molecule has 1 aromatic heterocycles. The van der Waals surface area contributed by atoms with Gasteiger partial charge in [0, 0.05) is 17.4 Å². The molecule has 3 rings (SSSR count). The highest BCUT2D eigenvalue weighted by atomic mass is 16.4. The zero-order valence-electron chi connectivity index (χ0n) is 10.8. The van der Waals surface area contributed by atoms with E-state index in [4.69, 9.17) is 0 Å². The van der Waals surface area contributed by atoms with Crippen molar-refractivity contribution < 1.29 is 9.90 Å². The number of rotatable bonds is 3. The van der Waals surface area contributed by atoms with Gasteiger partial charge in [-0.2, -0.15) is 0 Å². The van der Waals surface area contributed by atoms with Crippen molar-refractivity contribution in [3.63, 3.8) is 0 Å². The molecule has 1 saturated heterocycles. The molecule has 1 fully saturated rings. The van der Waals surface area contributed by atoms with E-state index in [1.54, 1.807) is 6.07 Å². The van der Waals surface area contributed by atoms with Gasteiger partial charge in [0.2, 0.25) is 0 Å². The number of para-hydroxylation sites is 1. The van der Waals surface area contributed by atoms with Crippen molar-refractivity contribution >= 4 is 16.9 Å². The molecule has 2 N–H and O–H groups in total. The van der Waals surface area contributed by atoms with Crippen LogP contribution in [0.3, 0.4) is 0 Å². The third kappa shape index (κ3) is 2.36. The predicted octanol–water partition coefficient (Wildman–Crippen LogP) is 2.34. The van der Waals surface area contributed by atoms with Gasteiger partial charge < -0.3 is 15.0 Å². The molecule has 0 amide bonds. The number of carboxylic acid groups (broad SMARTS) is 1. The Labute approximate surface area is 112 Å². The molecule has 0 radical (unpaired) electrons. The van der Waals surface area contributed by atoms with Gasteiger partial charge in [0.05, 0.1) is 0 Å². The summed E-state index contributed by atoms with van der Waals surface area (Å²) in [5.41, 5.74) is 1.43. The first-order valence-electron chi connectivity index (χ1n) is 6.78. The first-order chi connectivity index (χ1) is 9.25. The molecule has 1 aliphatic rings. The summed E-state index contributed by atoms with van der Waals surface area (Å²) in [6.45, 7) is 2.87. The van der Waals surface area contributed by atoms with Crippen molar-refractivity contribution in [1.82, 2.24) is 9.88 Å². The Morgan fingerprint density at radius 1 is 1.32 bits per heavy atom. The number of aromatic carboxylic acids is 1. The van der Waals surface area contributed by atoms with E-state index in [1.165, 1.54) is 0 Å². The summed E-state index contributed by atoms with van der Waals surface area (Å²) in [6, 6.07) is 9.66. The Morgan fingerprint density at radius 2 is 2.05 bits per heavy atom. The second-order valence-electron chi connectivity index (χ2n) is 5.20. The molecule has 2 aromatic rings. The van der Waals surface area contributed by atoms with E-state index in [9.17, 15) is 9.90 Å². The molecule has 19 heavy (non-hydrogen) atoms. The molecule has 100 valence electrons. The van der Waals surface area contributed by atoms with E-state index in [0.29, 0.717) is 11.6 Å². The minimum absolute atomic E-state index is 0.403. The quantitative estimate of drug-likeness (QED) is 0.888. The lowest BCUT2D eigenvalue weighted by molar-refractivity contribution is 0.0684. The van der Waals surface area contributed by atoms with E-state index in [0.717, 1.165) is 43.4 Å². The molecule has 0 spiro atoms. The number of piperidine rings is 1. The highest BCUT2D eigenvalue weighted by Gasteiger charge is 2.19. The fourth-order valence-corrected chi connectivity index (χ4v) is 2.91. The molecule has 2 heterocycles. The first-order valence-corrected chi connectivity index (χ1v) is 6.78. The van der Waals surface area contributed by atoms with Crippen LogP contribution in [-0.4, -0.2) is 28.7 Å². The monoisotopic (exact) mass is 258 g/mol. The van der Waals surface area contributed by atoms with Crippen LogP contribution in [0.15, 0.2) is 30.3 Å². The second kappa shape index (κ2) is 5.05. The van der Waals surface area contributed by atoms with Crippen molar-refractivity contribution in [2.24, 2.45) is 5.92 Å². The van der Waals surface area contributed by atoms with Crippen LogP contribution >= 0.6 is 0 Å². The van der Waals surface area contributed by atoms with Crippen molar-refractivity contribution in [2.45, 2.75) is 19.4 Å². The van der Waals surface area contributed by atoms with Gasteiger partial charge in [-0.1, -0.05) is 18.2 Å². The smallest absolute Gasteiger partial charge is 0.352 e. The SMILES string of the molecule is O=C(O)c1cc2ccccc2n1CC1CCNCC1. The van der Waals surface area contributed by atoms with Crippen LogP contribution in [0.4, 0.5) is 0 Å². The molecule has 0 saturated carbocycles. The molecule has 4 nitrogen and oxygen atoms in total. The van der Waals surface area contributed by atoms with Crippen molar-refractivity contribution in [1.29, 1.82) is 0 Å². The van der Waals surface area contributed by atoms with Crippen LogP contribution in [0.5, 0.6) is 0 Å². The third-order valence-corrected chi connectivity index (χ3v) is 3.93. The molecule has 0 atom stereocenters. The molecular weight excluding hydrogens is 240 g/mol.